The minimum Gasteiger partial charge on any atom is -0.497 e. The van der Waals surface area contributed by atoms with Crippen LogP contribution < -0.4 is 10.1 Å². The van der Waals surface area contributed by atoms with Crippen molar-refractivity contribution >= 4 is 23.3 Å². The third-order valence-corrected chi connectivity index (χ3v) is 6.75. The molecule has 6 nitrogen and oxygen atoms in total. The molecule has 1 unspecified atom stereocenters. The van der Waals surface area contributed by atoms with Gasteiger partial charge in [-0.2, -0.15) is 0 Å². The first-order valence-corrected chi connectivity index (χ1v) is 11.0. The molecule has 1 atom stereocenters. The molecule has 1 fully saturated rings. The van der Waals surface area contributed by atoms with Crippen molar-refractivity contribution in [3.63, 3.8) is 0 Å². The van der Waals surface area contributed by atoms with Crippen molar-refractivity contribution in [3.05, 3.63) is 51.2 Å². The maximum absolute atomic E-state index is 13.1. The lowest BCUT2D eigenvalue weighted by Gasteiger charge is -2.38. The van der Waals surface area contributed by atoms with Crippen LogP contribution in [0.25, 0.3) is 0 Å². The molecule has 1 aromatic carbocycles. The van der Waals surface area contributed by atoms with E-state index in [1.54, 1.807) is 18.4 Å². The molecule has 31 heavy (non-hydrogen) atoms. The monoisotopic (exact) mass is 449 g/mol. The van der Waals surface area contributed by atoms with E-state index in [0.717, 1.165) is 28.2 Å². The number of rotatable bonds is 5. The number of nitrogens with zero attached hydrogens (tertiary/aromatic N) is 2. The number of amides is 3. The first-order chi connectivity index (χ1) is 14.8. The molecule has 0 aliphatic carbocycles. The van der Waals surface area contributed by atoms with Gasteiger partial charge in [-0.05, 0) is 42.7 Å². The Kier molecular flexibility index (Phi) is 5.88. The molecule has 0 radical (unpaired) electrons. The highest BCUT2D eigenvalue weighted by Gasteiger charge is 2.46. The summed E-state index contributed by atoms with van der Waals surface area (Å²) in [6.07, 6.45) is 0.893. The van der Waals surface area contributed by atoms with E-state index >= 15 is 0 Å². The molecule has 1 saturated heterocycles. The Balaban J connectivity index is 1.46. The van der Waals surface area contributed by atoms with Gasteiger partial charge in [-0.1, -0.05) is 12.1 Å². The van der Waals surface area contributed by atoms with Crippen LogP contribution in [0.15, 0.2) is 30.3 Å². The minimum atomic E-state index is -2.80. The number of hydrogen-bond acceptors (Lipinski definition) is 4. The highest BCUT2D eigenvalue weighted by atomic mass is 32.1. The summed E-state index contributed by atoms with van der Waals surface area (Å²) in [5, 5.41) is 2.58. The number of alkyl halides is 2. The summed E-state index contributed by atoms with van der Waals surface area (Å²) in [4.78, 5) is 30.4. The van der Waals surface area contributed by atoms with Crippen LogP contribution in [0, 0.1) is 6.92 Å². The summed E-state index contributed by atoms with van der Waals surface area (Å²) in [6.45, 7) is 1.61. The van der Waals surface area contributed by atoms with Crippen molar-refractivity contribution in [2.45, 2.75) is 31.7 Å². The second kappa shape index (κ2) is 8.45. The summed E-state index contributed by atoms with van der Waals surface area (Å²) in [5.74, 6) is -2.17. The quantitative estimate of drug-likeness (QED) is 0.759. The molecule has 0 spiro atoms. The molecule has 3 heterocycles. The van der Waals surface area contributed by atoms with Gasteiger partial charge in [-0.15, -0.1) is 11.3 Å². The molecule has 0 saturated carbocycles. The van der Waals surface area contributed by atoms with Gasteiger partial charge in [0, 0.05) is 29.3 Å². The standard InChI is InChI=1S/C22H25F2N3O3S/c1-14-10-17-18(31-14)7-9-27(20(17)15-4-3-5-16(11-15)30-2)19(28)6-8-25-21(29)26-12-22(23,24)13-26/h3-5,10-11,20H,6-9,12-13H2,1-2H3,(H,25,29). The number of carbonyl (C=O) groups excluding carboxylic acids is 2. The maximum atomic E-state index is 13.1. The lowest BCUT2D eigenvalue weighted by Crippen LogP contribution is -2.61. The molecule has 2 aliphatic heterocycles. The van der Waals surface area contributed by atoms with Crippen LogP contribution in [-0.2, 0) is 11.2 Å². The van der Waals surface area contributed by atoms with Crippen LogP contribution in [0.4, 0.5) is 13.6 Å². The highest BCUT2D eigenvalue weighted by molar-refractivity contribution is 7.12. The summed E-state index contributed by atoms with van der Waals surface area (Å²) in [5.41, 5.74) is 2.10. The molecule has 1 aromatic heterocycles. The van der Waals surface area contributed by atoms with Crippen LogP contribution in [0.1, 0.15) is 33.3 Å². The number of hydrogen-bond donors (Lipinski definition) is 1. The Morgan fingerprint density at radius 3 is 2.77 bits per heavy atom. The predicted octanol–water partition coefficient (Wildman–Crippen LogP) is 3.59. The lowest BCUT2D eigenvalue weighted by molar-refractivity contribution is -0.133. The first-order valence-electron chi connectivity index (χ1n) is 10.2. The zero-order valence-corrected chi connectivity index (χ0v) is 18.3. The number of carbonyl (C=O) groups is 2. The summed E-state index contributed by atoms with van der Waals surface area (Å²) in [7, 11) is 1.61. The van der Waals surface area contributed by atoms with E-state index in [1.807, 2.05) is 29.2 Å². The largest absolute Gasteiger partial charge is 0.497 e. The van der Waals surface area contributed by atoms with Gasteiger partial charge in [0.1, 0.15) is 5.75 Å². The molecular weight excluding hydrogens is 424 g/mol. The first kappa shape index (κ1) is 21.5. The van der Waals surface area contributed by atoms with Gasteiger partial charge in [0.15, 0.2) is 0 Å². The third-order valence-electron chi connectivity index (χ3n) is 5.63. The molecule has 1 N–H and O–H groups in total. The van der Waals surface area contributed by atoms with Crippen LogP contribution >= 0.6 is 11.3 Å². The topological polar surface area (TPSA) is 61.9 Å². The molecule has 9 heteroatoms. The van der Waals surface area contributed by atoms with Gasteiger partial charge >= 0.3 is 6.03 Å². The Hall–Kier alpha value is -2.68. The van der Waals surface area contributed by atoms with E-state index in [9.17, 15) is 18.4 Å². The van der Waals surface area contributed by atoms with Crippen molar-refractivity contribution in [1.82, 2.24) is 15.1 Å². The minimum absolute atomic E-state index is 0.0865. The van der Waals surface area contributed by atoms with Crippen LogP contribution in [-0.4, -0.2) is 60.9 Å². The number of fused-ring (bicyclic) bond motifs is 1. The Bertz CT molecular complexity index is 986. The SMILES string of the molecule is COc1cccc(C2c3cc(C)sc3CCN2C(=O)CCNC(=O)N2CC(F)(F)C2)c1. The Labute approximate surface area is 183 Å². The number of thiophene rings is 1. The van der Waals surface area contributed by atoms with Crippen molar-refractivity contribution in [1.29, 1.82) is 0 Å². The fraction of sp³-hybridized carbons (Fsp3) is 0.455. The van der Waals surface area contributed by atoms with Gasteiger partial charge in [-0.3, -0.25) is 4.79 Å². The number of ether oxygens (including phenoxy) is 1. The maximum Gasteiger partial charge on any atom is 0.317 e. The third kappa shape index (κ3) is 4.51. The number of aryl methyl sites for hydroxylation is 1. The van der Waals surface area contributed by atoms with Crippen LogP contribution in [0.5, 0.6) is 5.75 Å². The number of benzene rings is 1. The molecule has 2 aliphatic rings. The van der Waals surface area contributed by atoms with Gasteiger partial charge < -0.3 is 19.9 Å². The fourth-order valence-corrected chi connectivity index (χ4v) is 5.21. The summed E-state index contributed by atoms with van der Waals surface area (Å²) >= 11 is 1.75. The zero-order chi connectivity index (χ0) is 22.2. The van der Waals surface area contributed by atoms with E-state index in [1.165, 1.54) is 9.75 Å². The van der Waals surface area contributed by atoms with Gasteiger partial charge in [-0.25, -0.2) is 13.6 Å². The Morgan fingerprint density at radius 1 is 1.29 bits per heavy atom. The van der Waals surface area contributed by atoms with Crippen molar-refractivity contribution in [2.75, 3.05) is 33.3 Å². The van der Waals surface area contributed by atoms with Gasteiger partial charge in [0.05, 0.1) is 26.2 Å². The van der Waals surface area contributed by atoms with Gasteiger partial charge in [0.2, 0.25) is 5.91 Å². The van der Waals surface area contributed by atoms with Crippen LogP contribution in [0.3, 0.4) is 0 Å². The molecule has 0 bridgehead atoms. The van der Waals surface area contributed by atoms with Crippen molar-refractivity contribution < 1.29 is 23.1 Å². The summed E-state index contributed by atoms with van der Waals surface area (Å²) < 4.78 is 31.2. The van der Waals surface area contributed by atoms with Crippen LogP contribution in [0.2, 0.25) is 0 Å². The highest BCUT2D eigenvalue weighted by Crippen LogP contribution is 2.40. The van der Waals surface area contributed by atoms with E-state index in [2.05, 4.69) is 18.3 Å². The number of likely N-dealkylation sites (tertiary alicyclic amines) is 1. The number of halogens is 2. The smallest absolute Gasteiger partial charge is 0.317 e. The zero-order valence-electron chi connectivity index (χ0n) is 17.5. The molecular formula is C22H25F2N3O3S. The lowest BCUT2D eigenvalue weighted by atomic mass is 9.92. The van der Waals surface area contributed by atoms with Crippen molar-refractivity contribution in [2.24, 2.45) is 0 Å². The van der Waals surface area contributed by atoms with Crippen molar-refractivity contribution in [3.8, 4) is 5.75 Å². The van der Waals surface area contributed by atoms with E-state index in [0.29, 0.717) is 6.54 Å². The van der Waals surface area contributed by atoms with E-state index < -0.39 is 25.0 Å². The number of methoxy groups -OCH3 is 1. The number of nitrogens with one attached hydrogen (secondary N) is 1. The number of urea groups is 1. The predicted molar refractivity (Wildman–Crippen MR) is 114 cm³/mol. The average Bonchev–Trinajstić information content (AvgIpc) is 3.11. The average molecular weight is 450 g/mol. The molecule has 3 amide bonds. The molecule has 2 aromatic rings. The molecule has 4 rings (SSSR count). The Morgan fingerprint density at radius 2 is 2.06 bits per heavy atom. The summed E-state index contributed by atoms with van der Waals surface area (Å²) in [6, 6.07) is 9.06. The van der Waals surface area contributed by atoms with E-state index in [-0.39, 0.29) is 24.9 Å². The van der Waals surface area contributed by atoms with Gasteiger partial charge in [0.25, 0.3) is 5.92 Å². The van der Waals surface area contributed by atoms with E-state index in [4.69, 9.17) is 4.74 Å². The normalized spacial score (nSPS) is 19.4. The second-order valence-electron chi connectivity index (χ2n) is 7.95. The second-order valence-corrected chi connectivity index (χ2v) is 9.29. The fourth-order valence-electron chi connectivity index (χ4n) is 4.16. The molecule has 166 valence electrons.